The van der Waals surface area contributed by atoms with E-state index < -0.39 is 0 Å². The van der Waals surface area contributed by atoms with E-state index in [1.165, 1.54) is 0 Å². The average Bonchev–Trinajstić information content (AvgIpc) is 3.09. The minimum absolute atomic E-state index is 0.101. The second-order valence-electron chi connectivity index (χ2n) is 4.45. The monoisotopic (exact) mass is 234 g/mol. The third-order valence-corrected chi connectivity index (χ3v) is 2.94. The minimum atomic E-state index is 0.101. The molecule has 0 unspecified atom stereocenters. The Morgan fingerprint density at radius 3 is 2.82 bits per heavy atom. The van der Waals surface area contributed by atoms with Crippen LogP contribution in [0.5, 0.6) is 5.75 Å². The van der Waals surface area contributed by atoms with Gasteiger partial charge in [-0.2, -0.15) is 0 Å². The van der Waals surface area contributed by atoms with Gasteiger partial charge >= 0.3 is 0 Å². The number of phenols is 1. The van der Waals surface area contributed by atoms with Crippen molar-refractivity contribution in [3.63, 3.8) is 0 Å². The molecule has 0 atom stereocenters. The van der Waals surface area contributed by atoms with Crippen LogP contribution >= 0.6 is 0 Å². The van der Waals surface area contributed by atoms with Gasteiger partial charge in [-0.05, 0) is 30.5 Å². The number of hydrogen-bond donors (Lipinski definition) is 2. The van der Waals surface area contributed by atoms with Gasteiger partial charge in [0.1, 0.15) is 5.75 Å². The Morgan fingerprint density at radius 2 is 2.24 bits per heavy atom. The lowest BCUT2D eigenvalue weighted by Gasteiger charge is -2.21. The molecule has 0 heterocycles. The van der Waals surface area contributed by atoms with Crippen molar-refractivity contribution in [1.29, 1.82) is 0 Å². The predicted octanol–water partition coefficient (Wildman–Crippen LogP) is 0.884. The van der Waals surface area contributed by atoms with Crippen LogP contribution in [-0.4, -0.2) is 35.0 Å². The van der Waals surface area contributed by atoms with Crippen LogP contribution in [0.25, 0.3) is 0 Å². The van der Waals surface area contributed by atoms with Gasteiger partial charge in [0.2, 0.25) is 5.91 Å². The van der Waals surface area contributed by atoms with Crippen molar-refractivity contribution in [1.82, 2.24) is 4.90 Å². The van der Waals surface area contributed by atoms with E-state index in [0.717, 1.165) is 18.4 Å². The predicted molar refractivity (Wildman–Crippen MR) is 65.6 cm³/mol. The molecule has 0 bridgehead atoms. The molecule has 2 rings (SSSR count). The molecule has 0 radical (unpaired) electrons. The fourth-order valence-electron chi connectivity index (χ4n) is 1.98. The Kier molecular flexibility index (Phi) is 3.64. The Hall–Kier alpha value is -1.55. The summed E-state index contributed by atoms with van der Waals surface area (Å²) in [5.41, 5.74) is 6.36. The normalized spacial score (nSPS) is 14.6. The third-order valence-electron chi connectivity index (χ3n) is 2.94. The van der Waals surface area contributed by atoms with Crippen molar-refractivity contribution >= 4 is 5.91 Å². The fraction of sp³-hybridized carbons (Fsp3) is 0.462. The van der Waals surface area contributed by atoms with E-state index in [9.17, 15) is 9.90 Å². The molecule has 1 amide bonds. The van der Waals surface area contributed by atoms with Crippen LogP contribution in [0, 0.1) is 0 Å². The second kappa shape index (κ2) is 5.19. The van der Waals surface area contributed by atoms with Gasteiger partial charge in [0.25, 0.3) is 0 Å². The molecule has 17 heavy (non-hydrogen) atoms. The van der Waals surface area contributed by atoms with Crippen LogP contribution in [-0.2, 0) is 11.2 Å². The molecule has 1 saturated carbocycles. The first-order valence-corrected chi connectivity index (χ1v) is 5.98. The van der Waals surface area contributed by atoms with Gasteiger partial charge in [-0.3, -0.25) is 4.79 Å². The van der Waals surface area contributed by atoms with Crippen molar-refractivity contribution in [3.05, 3.63) is 29.8 Å². The number of amides is 1. The molecule has 4 heteroatoms. The molecular weight excluding hydrogens is 216 g/mol. The molecule has 1 fully saturated rings. The van der Waals surface area contributed by atoms with E-state index in [1.54, 1.807) is 18.2 Å². The summed E-state index contributed by atoms with van der Waals surface area (Å²) in [5.74, 6) is 0.302. The number of carbonyl (C=O) groups is 1. The lowest BCUT2D eigenvalue weighted by atomic mass is 10.1. The average molecular weight is 234 g/mol. The first-order valence-electron chi connectivity index (χ1n) is 5.98. The number of phenolic OH excluding ortho intramolecular Hbond substituents is 1. The largest absolute Gasteiger partial charge is 0.508 e. The van der Waals surface area contributed by atoms with Crippen molar-refractivity contribution < 1.29 is 9.90 Å². The zero-order valence-corrected chi connectivity index (χ0v) is 9.80. The van der Waals surface area contributed by atoms with E-state index in [-0.39, 0.29) is 11.7 Å². The van der Waals surface area contributed by atoms with Crippen molar-refractivity contribution in [2.75, 3.05) is 13.1 Å². The molecule has 0 aliphatic heterocycles. The number of aromatic hydroxyl groups is 1. The first-order chi connectivity index (χ1) is 8.20. The highest BCUT2D eigenvalue weighted by Crippen LogP contribution is 2.27. The van der Waals surface area contributed by atoms with Gasteiger partial charge in [-0.15, -0.1) is 0 Å². The summed E-state index contributed by atoms with van der Waals surface area (Å²) in [4.78, 5) is 13.9. The molecule has 0 aromatic heterocycles. The van der Waals surface area contributed by atoms with Gasteiger partial charge in [0, 0.05) is 19.1 Å². The highest BCUT2D eigenvalue weighted by atomic mass is 16.3. The van der Waals surface area contributed by atoms with E-state index in [0.29, 0.717) is 25.6 Å². The number of benzene rings is 1. The lowest BCUT2D eigenvalue weighted by Crippen LogP contribution is -2.38. The number of hydrogen-bond acceptors (Lipinski definition) is 3. The van der Waals surface area contributed by atoms with Crippen molar-refractivity contribution in [2.24, 2.45) is 5.73 Å². The van der Waals surface area contributed by atoms with Gasteiger partial charge < -0.3 is 15.7 Å². The molecule has 92 valence electrons. The van der Waals surface area contributed by atoms with Crippen LogP contribution in [0.4, 0.5) is 0 Å². The van der Waals surface area contributed by atoms with Gasteiger partial charge in [-0.25, -0.2) is 0 Å². The van der Waals surface area contributed by atoms with Crippen LogP contribution in [0.3, 0.4) is 0 Å². The SMILES string of the molecule is NCCN(C(=O)Cc1cccc(O)c1)C1CC1. The second-order valence-corrected chi connectivity index (χ2v) is 4.45. The molecule has 0 saturated heterocycles. The van der Waals surface area contributed by atoms with Crippen LogP contribution < -0.4 is 5.73 Å². The van der Waals surface area contributed by atoms with Crippen LogP contribution in [0.15, 0.2) is 24.3 Å². The summed E-state index contributed by atoms with van der Waals surface area (Å²) in [7, 11) is 0. The molecule has 3 N–H and O–H groups in total. The van der Waals surface area contributed by atoms with Crippen molar-refractivity contribution in [2.45, 2.75) is 25.3 Å². The highest BCUT2D eigenvalue weighted by molar-refractivity contribution is 5.79. The van der Waals surface area contributed by atoms with Crippen LogP contribution in [0.2, 0.25) is 0 Å². The Morgan fingerprint density at radius 1 is 1.47 bits per heavy atom. The lowest BCUT2D eigenvalue weighted by molar-refractivity contribution is -0.130. The van der Waals surface area contributed by atoms with Gasteiger partial charge in [0.15, 0.2) is 0 Å². The maximum absolute atomic E-state index is 12.1. The zero-order chi connectivity index (χ0) is 12.3. The number of rotatable bonds is 5. The van der Waals surface area contributed by atoms with Crippen molar-refractivity contribution in [3.8, 4) is 5.75 Å². The van der Waals surface area contributed by atoms with Crippen LogP contribution in [0.1, 0.15) is 18.4 Å². The number of nitrogens with zero attached hydrogens (tertiary/aromatic N) is 1. The summed E-state index contributed by atoms with van der Waals surface area (Å²) in [5, 5.41) is 9.34. The summed E-state index contributed by atoms with van der Waals surface area (Å²) >= 11 is 0. The number of carbonyl (C=O) groups excluding carboxylic acids is 1. The minimum Gasteiger partial charge on any atom is -0.508 e. The maximum Gasteiger partial charge on any atom is 0.227 e. The molecule has 1 aromatic carbocycles. The molecule has 0 spiro atoms. The molecular formula is C13H18N2O2. The quantitative estimate of drug-likeness (QED) is 0.795. The van der Waals surface area contributed by atoms with E-state index >= 15 is 0 Å². The summed E-state index contributed by atoms with van der Waals surface area (Å²) < 4.78 is 0. The summed E-state index contributed by atoms with van der Waals surface area (Å²) in [6.07, 6.45) is 2.52. The maximum atomic E-state index is 12.1. The Labute approximate surface area is 101 Å². The zero-order valence-electron chi connectivity index (χ0n) is 9.80. The molecule has 4 nitrogen and oxygen atoms in total. The Bertz CT molecular complexity index is 402. The summed E-state index contributed by atoms with van der Waals surface area (Å²) in [6.45, 7) is 1.13. The third kappa shape index (κ3) is 3.20. The Balaban J connectivity index is 1.99. The highest BCUT2D eigenvalue weighted by Gasteiger charge is 2.31. The van der Waals surface area contributed by atoms with E-state index in [2.05, 4.69) is 0 Å². The number of nitrogens with two attached hydrogens (primary N) is 1. The first kappa shape index (κ1) is 11.9. The smallest absolute Gasteiger partial charge is 0.227 e. The fourth-order valence-corrected chi connectivity index (χ4v) is 1.98. The van der Waals surface area contributed by atoms with Gasteiger partial charge in [-0.1, -0.05) is 12.1 Å². The standard InChI is InChI=1S/C13H18N2O2/c14-6-7-15(11-4-5-11)13(17)9-10-2-1-3-12(16)8-10/h1-3,8,11,16H,4-7,9,14H2. The molecule has 1 aliphatic rings. The topological polar surface area (TPSA) is 66.6 Å². The van der Waals surface area contributed by atoms with E-state index in [1.807, 2.05) is 11.0 Å². The van der Waals surface area contributed by atoms with Gasteiger partial charge in [0.05, 0.1) is 6.42 Å². The molecule has 1 aromatic rings. The van der Waals surface area contributed by atoms with E-state index in [4.69, 9.17) is 5.73 Å². The molecule has 1 aliphatic carbocycles. The summed E-state index contributed by atoms with van der Waals surface area (Å²) in [6, 6.07) is 7.23.